The average Bonchev–Trinajstić information content (AvgIpc) is 2.70. The number of nitrogens with one attached hydrogen (secondary N) is 1. The molecule has 1 atom stereocenters. The van der Waals surface area contributed by atoms with Gasteiger partial charge in [-0.15, -0.1) is 0 Å². The Kier molecular flexibility index (Phi) is 6.01. The molecule has 1 N–H and O–H groups in total. The zero-order valence-corrected chi connectivity index (χ0v) is 17.1. The maximum absolute atomic E-state index is 11.5. The highest BCUT2D eigenvalue weighted by atomic mass is 16.4. The quantitative estimate of drug-likeness (QED) is 0.635. The van der Waals surface area contributed by atoms with E-state index in [-0.39, 0.29) is 11.8 Å². The molecule has 1 heterocycles. The van der Waals surface area contributed by atoms with Crippen LogP contribution in [0.5, 0.6) is 0 Å². The predicted molar refractivity (Wildman–Crippen MR) is 110 cm³/mol. The zero-order valence-electron chi connectivity index (χ0n) is 17.1. The van der Waals surface area contributed by atoms with Gasteiger partial charge in [-0.3, -0.25) is 0 Å². The standard InChI is InChI=1S/C23H25N3O4/c1-23(2,3)15-10-8-14(9-11-15)20-24-17-7-5-4-6-16(17)21(26-20)25-18(22(29)30)12-13-19(27)28/h4-11,18H,12-13H2,1-3H3,(H,27,28)(H,29,30)(H,24,25,26)/p-2/t18-/m1/s1. The fraction of sp³-hybridized carbons (Fsp3) is 0.304. The van der Waals surface area contributed by atoms with Gasteiger partial charge in [-0.05, 0) is 36.0 Å². The van der Waals surface area contributed by atoms with Crippen LogP contribution >= 0.6 is 0 Å². The Hall–Kier alpha value is -3.48. The lowest BCUT2D eigenvalue weighted by atomic mass is 9.87. The lowest BCUT2D eigenvalue weighted by Gasteiger charge is -2.22. The Morgan fingerprint density at radius 1 is 1.00 bits per heavy atom. The lowest BCUT2D eigenvalue weighted by Crippen LogP contribution is -2.42. The molecule has 0 fully saturated rings. The van der Waals surface area contributed by atoms with Crippen molar-refractivity contribution in [3.8, 4) is 11.4 Å². The summed E-state index contributed by atoms with van der Waals surface area (Å²) in [5.74, 6) is -1.98. The van der Waals surface area contributed by atoms with E-state index in [1.807, 2.05) is 36.4 Å². The van der Waals surface area contributed by atoms with Crippen LogP contribution < -0.4 is 15.5 Å². The van der Waals surface area contributed by atoms with E-state index in [0.29, 0.717) is 22.5 Å². The number of aromatic nitrogens is 2. The number of para-hydroxylation sites is 1. The van der Waals surface area contributed by atoms with E-state index in [9.17, 15) is 19.8 Å². The van der Waals surface area contributed by atoms with E-state index in [0.717, 1.165) is 5.56 Å². The van der Waals surface area contributed by atoms with Gasteiger partial charge in [-0.1, -0.05) is 57.2 Å². The summed E-state index contributed by atoms with van der Waals surface area (Å²) in [5, 5.41) is 25.7. The monoisotopic (exact) mass is 405 g/mol. The molecule has 0 aliphatic carbocycles. The van der Waals surface area contributed by atoms with Gasteiger partial charge < -0.3 is 25.1 Å². The van der Waals surface area contributed by atoms with Crippen LogP contribution in [0, 0.1) is 0 Å². The van der Waals surface area contributed by atoms with Crippen LogP contribution in [0.25, 0.3) is 22.3 Å². The number of anilines is 1. The first-order valence-electron chi connectivity index (χ1n) is 9.70. The fourth-order valence-corrected chi connectivity index (χ4v) is 3.11. The molecule has 0 bridgehead atoms. The molecule has 7 heteroatoms. The highest BCUT2D eigenvalue weighted by Crippen LogP contribution is 2.28. The number of fused-ring (bicyclic) bond motifs is 1. The van der Waals surface area contributed by atoms with Crippen LogP contribution in [0.2, 0.25) is 0 Å². The Labute approximate surface area is 174 Å². The van der Waals surface area contributed by atoms with Crippen LogP contribution in [-0.2, 0) is 15.0 Å². The maximum atomic E-state index is 11.5. The summed E-state index contributed by atoms with van der Waals surface area (Å²) in [4.78, 5) is 31.4. The second-order valence-electron chi connectivity index (χ2n) is 8.17. The molecular formula is C23H23N3O4-2. The third kappa shape index (κ3) is 4.92. The van der Waals surface area contributed by atoms with Crippen molar-refractivity contribution >= 4 is 28.7 Å². The minimum atomic E-state index is -1.41. The largest absolute Gasteiger partial charge is 0.550 e. The van der Waals surface area contributed by atoms with Gasteiger partial charge in [0.1, 0.15) is 5.82 Å². The van der Waals surface area contributed by atoms with E-state index in [4.69, 9.17) is 0 Å². The summed E-state index contributed by atoms with van der Waals surface area (Å²) >= 11 is 0. The number of hydrogen-bond donors (Lipinski definition) is 1. The van der Waals surface area contributed by atoms with Crippen molar-refractivity contribution in [2.75, 3.05) is 5.32 Å². The van der Waals surface area contributed by atoms with E-state index >= 15 is 0 Å². The van der Waals surface area contributed by atoms with Gasteiger partial charge in [0.25, 0.3) is 0 Å². The summed E-state index contributed by atoms with van der Waals surface area (Å²) in [6.07, 6.45) is -0.589. The molecule has 2 aromatic carbocycles. The molecule has 0 radical (unpaired) electrons. The van der Waals surface area contributed by atoms with Crippen LogP contribution in [0.15, 0.2) is 48.5 Å². The fourth-order valence-electron chi connectivity index (χ4n) is 3.11. The van der Waals surface area contributed by atoms with Gasteiger partial charge in [-0.25, -0.2) is 9.97 Å². The van der Waals surface area contributed by atoms with Crippen molar-refractivity contribution in [2.24, 2.45) is 0 Å². The molecule has 1 aromatic heterocycles. The van der Waals surface area contributed by atoms with E-state index in [1.54, 1.807) is 12.1 Å². The number of nitrogens with zero attached hydrogens (tertiary/aromatic N) is 2. The summed E-state index contributed by atoms with van der Waals surface area (Å²) in [6, 6.07) is 13.9. The normalized spacial score (nSPS) is 12.5. The molecule has 0 saturated heterocycles. The molecule has 0 unspecified atom stereocenters. The minimum Gasteiger partial charge on any atom is -0.550 e. The van der Waals surface area contributed by atoms with Crippen LogP contribution in [0.3, 0.4) is 0 Å². The first kappa shape index (κ1) is 21.2. The number of carbonyl (C=O) groups is 2. The van der Waals surface area contributed by atoms with Crippen molar-refractivity contribution in [2.45, 2.75) is 45.1 Å². The van der Waals surface area contributed by atoms with Gasteiger partial charge >= 0.3 is 0 Å². The van der Waals surface area contributed by atoms with Crippen LogP contribution in [0.1, 0.15) is 39.2 Å². The van der Waals surface area contributed by atoms with Gasteiger partial charge in [0, 0.05) is 16.9 Å². The van der Waals surface area contributed by atoms with Gasteiger partial charge in [-0.2, -0.15) is 0 Å². The Morgan fingerprint density at radius 2 is 1.67 bits per heavy atom. The van der Waals surface area contributed by atoms with Gasteiger partial charge in [0.2, 0.25) is 0 Å². The molecule has 3 rings (SSSR count). The molecule has 0 aliphatic heterocycles. The molecule has 3 aromatic rings. The highest BCUT2D eigenvalue weighted by Gasteiger charge is 2.17. The second-order valence-corrected chi connectivity index (χ2v) is 8.17. The Morgan fingerprint density at radius 3 is 2.27 bits per heavy atom. The summed E-state index contributed by atoms with van der Waals surface area (Å²) < 4.78 is 0. The Bertz CT molecular complexity index is 1070. The SMILES string of the molecule is CC(C)(C)c1ccc(-c2nc(N[C@H](CCC(=O)[O-])C(=O)[O-])c3ccccc3n2)cc1. The predicted octanol–water partition coefficient (Wildman–Crippen LogP) is 1.65. The molecule has 0 spiro atoms. The molecule has 30 heavy (non-hydrogen) atoms. The average molecular weight is 405 g/mol. The van der Waals surface area contributed by atoms with Gasteiger partial charge in [0.05, 0.1) is 17.5 Å². The molecule has 0 amide bonds. The van der Waals surface area contributed by atoms with Crippen LogP contribution in [0.4, 0.5) is 5.82 Å². The van der Waals surface area contributed by atoms with Crippen molar-refractivity contribution in [1.29, 1.82) is 0 Å². The Balaban J connectivity index is 2.02. The van der Waals surface area contributed by atoms with Gasteiger partial charge in [0.15, 0.2) is 5.82 Å². The maximum Gasteiger partial charge on any atom is 0.162 e. The van der Waals surface area contributed by atoms with E-state index in [2.05, 4.69) is 36.1 Å². The first-order chi connectivity index (χ1) is 14.1. The number of rotatable bonds is 7. The number of benzene rings is 2. The van der Waals surface area contributed by atoms with Crippen molar-refractivity contribution in [3.05, 3.63) is 54.1 Å². The zero-order chi connectivity index (χ0) is 21.9. The topological polar surface area (TPSA) is 118 Å². The molecular weight excluding hydrogens is 382 g/mol. The minimum absolute atomic E-state index is 0.0101. The second kappa shape index (κ2) is 8.49. The number of hydrogen-bond acceptors (Lipinski definition) is 7. The summed E-state index contributed by atoms with van der Waals surface area (Å²) in [5.41, 5.74) is 2.61. The van der Waals surface area contributed by atoms with Crippen molar-refractivity contribution in [3.63, 3.8) is 0 Å². The molecule has 0 aliphatic rings. The molecule has 0 saturated carbocycles. The molecule has 7 nitrogen and oxygen atoms in total. The molecule has 156 valence electrons. The lowest BCUT2D eigenvalue weighted by molar-refractivity contribution is -0.308. The number of carboxylic acids is 2. The van der Waals surface area contributed by atoms with Crippen LogP contribution in [-0.4, -0.2) is 27.9 Å². The summed E-state index contributed by atoms with van der Waals surface area (Å²) in [7, 11) is 0. The van der Waals surface area contributed by atoms with E-state index in [1.165, 1.54) is 5.56 Å². The van der Waals surface area contributed by atoms with Crippen molar-refractivity contribution in [1.82, 2.24) is 9.97 Å². The van der Waals surface area contributed by atoms with E-state index < -0.39 is 24.4 Å². The van der Waals surface area contributed by atoms with Crippen molar-refractivity contribution < 1.29 is 19.8 Å². The first-order valence-corrected chi connectivity index (χ1v) is 9.70. The summed E-state index contributed by atoms with van der Waals surface area (Å²) in [6.45, 7) is 6.38. The third-order valence-electron chi connectivity index (χ3n) is 4.84. The highest BCUT2D eigenvalue weighted by molar-refractivity contribution is 5.92. The third-order valence-corrected chi connectivity index (χ3v) is 4.84. The number of carboxylic acid groups (broad SMARTS) is 2. The number of carbonyl (C=O) groups excluding carboxylic acids is 2. The number of aliphatic carboxylic acids is 2. The smallest absolute Gasteiger partial charge is 0.162 e.